The van der Waals surface area contributed by atoms with Crippen LogP contribution in [0, 0.1) is 5.92 Å². The summed E-state index contributed by atoms with van der Waals surface area (Å²) in [6.07, 6.45) is 0. The lowest BCUT2D eigenvalue weighted by Crippen LogP contribution is -2.35. The van der Waals surface area contributed by atoms with Gasteiger partial charge in [-0.05, 0) is 47.9 Å². The summed E-state index contributed by atoms with van der Waals surface area (Å²) in [7, 11) is 1.60. The Morgan fingerprint density at radius 2 is 1.70 bits per heavy atom. The third-order valence-corrected chi connectivity index (χ3v) is 4.34. The monoisotopic (exact) mass is 371 g/mol. The Morgan fingerprint density at radius 1 is 1.04 bits per heavy atom. The quantitative estimate of drug-likeness (QED) is 0.808. The van der Waals surface area contributed by atoms with Crippen LogP contribution < -0.4 is 24.3 Å². The molecule has 1 heterocycles. The summed E-state index contributed by atoms with van der Waals surface area (Å²) in [6, 6.07) is 12.8. The van der Waals surface area contributed by atoms with Gasteiger partial charge in [0.2, 0.25) is 0 Å². The molecular weight excluding hydrogens is 346 g/mol. The molecule has 2 aromatic rings. The highest BCUT2D eigenvalue weighted by Crippen LogP contribution is 2.34. The normalized spacial score (nSPS) is 13.8. The van der Waals surface area contributed by atoms with E-state index in [1.54, 1.807) is 31.4 Å². The lowest BCUT2D eigenvalue weighted by molar-refractivity contribution is -0.124. The largest absolute Gasteiger partial charge is 0.497 e. The van der Waals surface area contributed by atoms with Crippen molar-refractivity contribution in [3.8, 4) is 23.0 Å². The van der Waals surface area contributed by atoms with E-state index >= 15 is 0 Å². The van der Waals surface area contributed by atoms with Crippen LogP contribution in [0.5, 0.6) is 23.0 Å². The second kappa shape index (κ2) is 8.66. The van der Waals surface area contributed by atoms with Crippen molar-refractivity contribution in [2.45, 2.75) is 19.9 Å². The molecule has 1 N–H and O–H groups in total. The standard InChI is InChI=1S/C21H25NO5/c1-14(2)21(15-4-9-18-19(12-15)26-11-10-25-18)22-20(23)13-27-17-7-5-16(24-3)6-8-17/h4-9,12,14,21H,10-11,13H2,1-3H3,(H,22,23)/t21-/m1/s1. The van der Waals surface area contributed by atoms with Gasteiger partial charge in [-0.15, -0.1) is 0 Å². The average Bonchev–Trinajstić information content (AvgIpc) is 2.70. The van der Waals surface area contributed by atoms with E-state index < -0.39 is 0 Å². The molecule has 0 unspecified atom stereocenters. The first-order chi connectivity index (χ1) is 13.1. The van der Waals surface area contributed by atoms with E-state index in [4.69, 9.17) is 18.9 Å². The van der Waals surface area contributed by atoms with Crippen molar-refractivity contribution in [1.29, 1.82) is 0 Å². The molecule has 6 nitrogen and oxygen atoms in total. The first-order valence-electron chi connectivity index (χ1n) is 9.02. The van der Waals surface area contributed by atoms with Gasteiger partial charge in [-0.2, -0.15) is 0 Å². The molecule has 0 aromatic heterocycles. The number of hydrogen-bond acceptors (Lipinski definition) is 5. The van der Waals surface area contributed by atoms with Crippen LogP contribution in [0.15, 0.2) is 42.5 Å². The molecule has 1 atom stereocenters. The van der Waals surface area contributed by atoms with Gasteiger partial charge >= 0.3 is 0 Å². The molecule has 1 aliphatic heterocycles. The fraction of sp³-hybridized carbons (Fsp3) is 0.381. The molecule has 27 heavy (non-hydrogen) atoms. The molecule has 2 aromatic carbocycles. The van der Waals surface area contributed by atoms with Crippen molar-refractivity contribution in [3.63, 3.8) is 0 Å². The highest BCUT2D eigenvalue weighted by atomic mass is 16.6. The van der Waals surface area contributed by atoms with Crippen LogP contribution in [-0.2, 0) is 4.79 Å². The molecule has 0 saturated heterocycles. The van der Waals surface area contributed by atoms with Gasteiger partial charge in [0.05, 0.1) is 13.2 Å². The number of rotatable bonds is 7. The number of methoxy groups -OCH3 is 1. The van der Waals surface area contributed by atoms with E-state index in [-0.39, 0.29) is 24.5 Å². The third-order valence-electron chi connectivity index (χ3n) is 4.34. The summed E-state index contributed by atoms with van der Waals surface area (Å²) >= 11 is 0. The van der Waals surface area contributed by atoms with E-state index in [2.05, 4.69) is 19.2 Å². The minimum atomic E-state index is -0.181. The van der Waals surface area contributed by atoms with Crippen LogP contribution in [0.1, 0.15) is 25.5 Å². The van der Waals surface area contributed by atoms with Crippen LogP contribution in [0.25, 0.3) is 0 Å². The lowest BCUT2D eigenvalue weighted by Gasteiger charge is -2.25. The number of benzene rings is 2. The zero-order valence-electron chi connectivity index (χ0n) is 15.9. The fourth-order valence-electron chi connectivity index (χ4n) is 2.92. The molecule has 0 bridgehead atoms. The number of fused-ring (bicyclic) bond motifs is 1. The highest BCUT2D eigenvalue weighted by molar-refractivity contribution is 5.78. The first-order valence-corrected chi connectivity index (χ1v) is 9.02. The minimum Gasteiger partial charge on any atom is -0.497 e. The lowest BCUT2D eigenvalue weighted by atomic mass is 9.95. The van der Waals surface area contributed by atoms with Crippen molar-refractivity contribution in [1.82, 2.24) is 5.32 Å². The zero-order valence-corrected chi connectivity index (χ0v) is 15.9. The average molecular weight is 371 g/mol. The van der Waals surface area contributed by atoms with Crippen LogP contribution in [0.4, 0.5) is 0 Å². The van der Waals surface area contributed by atoms with Crippen LogP contribution in [0.3, 0.4) is 0 Å². The molecule has 3 rings (SSSR count). The molecule has 1 aliphatic rings. The van der Waals surface area contributed by atoms with Gasteiger partial charge in [0, 0.05) is 0 Å². The Morgan fingerprint density at radius 3 is 2.37 bits per heavy atom. The SMILES string of the molecule is COc1ccc(OCC(=O)N[C@@H](c2ccc3c(c2)OCCO3)C(C)C)cc1. The van der Waals surface area contributed by atoms with Crippen molar-refractivity contribution < 1.29 is 23.7 Å². The Hall–Kier alpha value is -2.89. The molecule has 0 spiro atoms. The Kier molecular flexibility index (Phi) is 6.06. The maximum Gasteiger partial charge on any atom is 0.258 e. The first kappa shape index (κ1) is 18.9. The van der Waals surface area contributed by atoms with Gasteiger partial charge in [0.15, 0.2) is 18.1 Å². The van der Waals surface area contributed by atoms with Gasteiger partial charge in [-0.3, -0.25) is 4.79 Å². The van der Waals surface area contributed by atoms with E-state index in [0.717, 1.165) is 17.1 Å². The number of ether oxygens (including phenoxy) is 4. The van der Waals surface area contributed by atoms with Crippen molar-refractivity contribution in [3.05, 3.63) is 48.0 Å². The Balaban J connectivity index is 1.62. The Bertz CT molecular complexity index is 773. The van der Waals surface area contributed by atoms with Gasteiger partial charge in [-0.1, -0.05) is 19.9 Å². The maximum absolute atomic E-state index is 12.4. The van der Waals surface area contributed by atoms with Gasteiger partial charge in [-0.25, -0.2) is 0 Å². The molecule has 0 saturated carbocycles. The minimum absolute atomic E-state index is 0.0555. The van der Waals surface area contributed by atoms with E-state index in [9.17, 15) is 4.79 Å². The Labute approximate surface area is 159 Å². The number of carbonyl (C=O) groups excluding carboxylic acids is 1. The van der Waals surface area contributed by atoms with Crippen molar-refractivity contribution in [2.24, 2.45) is 5.92 Å². The topological polar surface area (TPSA) is 66.0 Å². The van der Waals surface area contributed by atoms with E-state index in [0.29, 0.717) is 24.7 Å². The number of carbonyl (C=O) groups is 1. The summed E-state index contributed by atoms with van der Waals surface area (Å²) in [5.41, 5.74) is 0.979. The maximum atomic E-state index is 12.4. The highest BCUT2D eigenvalue weighted by Gasteiger charge is 2.21. The molecular formula is C21H25NO5. The summed E-state index contributed by atoms with van der Waals surface area (Å²) in [6.45, 7) is 5.16. The van der Waals surface area contributed by atoms with Crippen molar-refractivity contribution in [2.75, 3.05) is 26.9 Å². The molecule has 6 heteroatoms. The summed E-state index contributed by atoms with van der Waals surface area (Å²) < 4.78 is 21.9. The molecule has 0 radical (unpaired) electrons. The second-order valence-corrected chi connectivity index (χ2v) is 6.66. The molecule has 0 fully saturated rings. The fourth-order valence-corrected chi connectivity index (χ4v) is 2.92. The molecule has 0 aliphatic carbocycles. The van der Waals surface area contributed by atoms with E-state index in [1.807, 2.05) is 18.2 Å². The number of nitrogens with one attached hydrogen (secondary N) is 1. The predicted octanol–water partition coefficient (Wildman–Crippen LogP) is 3.36. The zero-order chi connectivity index (χ0) is 19.2. The van der Waals surface area contributed by atoms with Gasteiger partial charge in [0.1, 0.15) is 24.7 Å². The van der Waals surface area contributed by atoms with Crippen LogP contribution >= 0.6 is 0 Å². The second-order valence-electron chi connectivity index (χ2n) is 6.66. The number of hydrogen-bond donors (Lipinski definition) is 1. The van der Waals surface area contributed by atoms with Crippen molar-refractivity contribution >= 4 is 5.91 Å². The predicted molar refractivity (Wildman–Crippen MR) is 102 cm³/mol. The smallest absolute Gasteiger partial charge is 0.258 e. The number of amides is 1. The molecule has 144 valence electrons. The van der Waals surface area contributed by atoms with Gasteiger partial charge in [0.25, 0.3) is 5.91 Å². The van der Waals surface area contributed by atoms with Gasteiger partial charge < -0.3 is 24.3 Å². The van der Waals surface area contributed by atoms with Crippen LogP contribution in [-0.4, -0.2) is 32.8 Å². The third kappa shape index (κ3) is 4.84. The summed E-state index contributed by atoms with van der Waals surface area (Å²) in [5.74, 6) is 2.84. The molecule has 1 amide bonds. The summed E-state index contributed by atoms with van der Waals surface area (Å²) in [4.78, 5) is 12.4. The van der Waals surface area contributed by atoms with Crippen LogP contribution in [0.2, 0.25) is 0 Å². The summed E-state index contributed by atoms with van der Waals surface area (Å²) in [5, 5.41) is 3.05. The van der Waals surface area contributed by atoms with E-state index in [1.165, 1.54) is 0 Å².